The third kappa shape index (κ3) is 4.87. The number of amides is 3. The second-order valence-electron chi connectivity index (χ2n) is 5.58. The van der Waals surface area contributed by atoms with Crippen molar-refractivity contribution >= 4 is 34.0 Å². The van der Waals surface area contributed by atoms with Gasteiger partial charge in [0, 0.05) is 13.5 Å². The molecule has 6 N–H and O–H groups in total. The van der Waals surface area contributed by atoms with E-state index in [1.807, 2.05) is 0 Å². The summed E-state index contributed by atoms with van der Waals surface area (Å²) < 4.78 is 35.7. The first kappa shape index (κ1) is 21.8. The molecule has 0 aromatic carbocycles. The molecule has 148 valence electrons. The zero-order valence-corrected chi connectivity index (χ0v) is 14.8. The van der Waals surface area contributed by atoms with E-state index >= 15 is 0 Å². The predicted molar refractivity (Wildman–Crippen MR) is 83.6 cm³/mol. The Morgan fingerprint density at radius 3 is 2.42 bits per heavy atom. The molecule has 13 nitrogen and oxygen atoms in total. The zero-order valence-electron chi connectivity index (χ0n) is 14.0. The number of methoxy groups -OCH3 is 1. The summed E-state index contributed by atoms with van der Waals surface area (Å²) >= 11 is 0. The van der Waals surface area contributed by atoms with Gasteiger partial charge < -0.3 is 26.2 Å². The van der Waals surface area contributed by atoms with E-state index in [-0.39, 0.29) is 17.1 Å². The lowest BCUT2D eigenvalue weighted by molar-refractivity contribution is -0.180. The molecule has 0 radical (unpaired) electrons. The summed E-state index contributed by atoms with van der Waals surface area (Å²) in [7, 11) is -3.72. The molecule has 0 aromatic rings. The predicted octanol–water partition coefficient (Wildman–Crippen LogP) is -3.21. The lowest BCUT2D eigenvalue weighted by Gasteiger charge is -2.45. The Morgan fingerprint density at radius 2 is 2.00 bits per heavy atom. The third-order valence-corrected chi connectivity index (χ3v) is 4.51. The van der Waals surface area contributed by atoms with Gasteiger partial charge in [0.05, 0.1) is 6.54 Å². The summed E-state index contributed by atoms with van der Waals surface area (Å²) in [6.07, 6.45) is -0.380. The Bertz CT molecular complexity index is 709. The monoisotopic (exact) mass is 396 g/mol. The van der Waals surface area contributed by atoms with E-state index < -0.39 is 58.3 Å². The number of rotatable bonds is 9. The van der Waals surface area contributed by atoms with Crippen molar-refractivity contribution in [3.8, 4) is 0 Å². The Morgan fingerprint density at radius 1 is 1.42 bits per heavy atom. The van der Waals surface area contributed by atoms with Crippen molar-refractivity contribution in [2.24, 2.45) is 5.73 Å². The summed E-state index contributed by atoms with van der Waals surface area (Å²) in [6, 6.07) is -2.36. The smallest absolute Gasteiger partial charge is 0.362 e. The molecule has 0 unspecified atom stereocenters. The number of carbonyl (C=O) groups excluding carboxylic acids is 3. The number of ether oxygens (including phenoxy) is 1. The van der Waals surface area contributed by atoms with Crippen LogP contribution in [-0.2, 0) is 34.2 Å². The Kier molecular flexibility index (Phi) is 6.65. The molecule has 3 amide bonds. The van der Waals surface area contributed by atoms with Crippen molar-refractivity contribution < 1.29 is 42.0 Å². The zero-order chi connectivity index (χ0) is 20.3. The minimum Gasteiger partial charge on any atom is -0.480 e. The summed E-state index contributed by atoms with van der Waals surface area (Å²) in [5.41, 5.74) is 3.28. The summed E-state index contributed by atoms with van der Waals surface area (Å²) in [6.45, 7) is 0.651. The Hall–Kier alpha value is -2.29. The van der Waals surface area contributed by atoms with Crippen LogP contribution >= 0.6 is 0 Å². The van der Waals surface area contributed by atoms with Gasteiger partial charge in [0.25, 0.3) is 5.91 Å². The number of nitrogens with zero attached hydrogens (tertiary/aromatic N) is 1. The number of hydrogen-bond donors (Lipinski definition) is 5. The van der Waals surface area contributed by atoms with Gasteiger partial charge in [0.1, 0.15) is 12.1 Å². The fraction of sp³-hybridized carbons (Fsp3) is 0.667. The van der Waals surface area contributed by atoms with Crippen LogP contribution in [0.5, 0.6) is 0 Å². The fourth-order valence-corrected chi connectivity index (χ4v) is 2.73. The molecule has 14 heteroatoms. The van der Waals surface area contributed by atoms with Crippen LogP contribution in [0.2, 0.25) is 0 Å². The first-order chi connectivity index (χ1) is 11.8. The first-order valence-electron chi connectivity index (χ1n) is 7.28. The molecule has 0 saturated carbocycles. The molecule has 26 heavy (non-hydrogen) atoms. The highest BCUT2D eigenvalue weighted by Gasteiger charge is 2.58. The van der Waals surface area contributed by atoms with Crippen LogP contribution in [0.25, 0.3) is 0 Å². The highest BCUT2D eigenvalue weighted by atomic mass is 32.2. The van der Waals surface area contributed by atoms with Crippen LogP contribution in [0.4, 0.5) is 0 Å². The van der Waals surface area contributed by atoms with Gasteiger partial charge in [-0.2, -0.15) is 8.42 Å². The number of carbonyl (C=O) groups is 4. The normalized spacial score (nSPS) is 22.2. The Balaban J connectivity index is 2.60. The molecule has 0 bridgehead atoms. The van der Waals surface area contributed by atoms with E-state index in [9.17, 15) is 27.6 Å². The molecule has 0 spiro atoms. The number of β-lactam (4-membered cyclic amide) rings is 1. The minimum absolute atomic E-state index is 0.104. The summed E-state index contributed by atoms with van der Waals surface area (Å²) in [5.74, 6) is -3.96. The van der Waals surface area contributed by atoms with Gasteiger partial charge in [0.2, 0.25) is 17.5 Å². The molecule has 0 aromatic heterocycles. The van der Waals surface area contributed by atoms with Crippen LogP contribution < -0.4 is 16.4 Å². The maximum atomic E-state index is 12.1. The lowest BCUT2D eigenvalue weighted by Crippen LogP contribution is -2.76. The van der Waals surface area contributed by atoms with Crippen molar-refractivity contribution in [2.75, 3.05) is 13.7 Å². The van der Waals surface area contributed by atoms with Gasteiger partial charge in [-0.25, -0.2) is 4.31 Å². The van der Waals surface area contributed by atoms with E-state index in [2.05, 4.69) is 10.6 Å². The van der Waals surface area contributed by atoms with E-state index in [1.165, 1.54) is 6.92 Å². The summed E-state index contributed by atoms with van der Waals surface area (Å²) in [5, 5.41) is 13.1. The molecule has 1 saturated heterocycles. The standard InChI is InChI=1S/C12H20N4O9S/c1-6(14-8(17)4-3-7(13)10(19)20)9(18)15-12(25-2)5-16(11(12)21)26(22,23)24/h6-7H,3-5,13H2,1-2H3,(H,14,17)(H,15,18)(H,19,20)(H,22,23,24)/t6-,7-,12-/m1/s1. The number of carboxylic acid groups (broad SMARTS) is 1. The molecule has 1 heterocycles. The largest absolute Gasteiger partial charge is 0.480 e. The number of aliphatic carboxylic acids is 1. The van der Waals surface area contributed by atoms with Crippen molar-refractivity contribution in [1.82, 2.24) is 14.9 Å². The quantitative estimate of drug-likeness (QED) is 0.150. The van der Waals surface area contributed by atoms with Crippen LogP contribution in [0.15, 0.2) is 0 Å². The lowest BCUT2D eigenvalue weighted by atomic mass is 10.1. The van der Waals surface area contributed by atoms with Gasteiger partial charge >= 0.3 is 16.3 Å². The summed E-state index contributed by atoms with van der Waals surface area (Å²) in [4.78, 5) is 46.2. The average Bonchev–Trinajstić information content (AvgIpc) is 2.53. The first-order valence-corrected chi connectivity index (χ1v) is 8.68. The van der Waals surface area contributed by atoms with E-state index in [4.69, 9.17) is 20.1 Å². The number of hydrogen-bond acceptors (Lipinski definition) is 8. The van der Waals surface area contributed by atoms with Crippen LogP contribution in [0.3, 0.4) is 0 Å². The SMILES string of the molecule is CO[C@]1(NC(=O)[C@@H](C)NC(=O)CC[C@@H](N)C(=O)O)CN(S(=O)(=O)O)C1=O. The average molecular weight is 396 g/mol. The number of carboxylic acids is 1. The van der Waals surface area contributed by atoms with E-state index in [1.54, 1.807) is 0 Å². The maximum absolute atomic E-state index is 12.1. The second kappa shape index (κ2) is 7.94. The molecule has 1 rings (SSSR count). The van der Waals surface area contributed by atoms with Gasteiger partial charge in [-0.1, -0.05) is 0 Å². The highest BCUT2D eigenvalue weighted by molar-refractivity contribution is 7.84. The van der Waals surface area contributed by atoms with Crippen molar-refractivity contribution in [1.29, 1.82) is 0 Å². The third-order valence-electron chi connectivity index (χ3n) is 3.66. The van der Waals surface area contributed by atoms with Crippen molar-refractivity contribution in [3.63, 3.8) is 0 Å². The van der Waals surface area contributed by atoms with Crippen LogP contribution in [0, 0.1) is 0 Å². The molecule has 0 aliphatic carbocycles. The fourth-order valence-electron chi connectivity index (χ4n) is 2.03. The van der Waals surface area contributed by atoms with E-state index in [0.29, 0.717) is 0 Å². The Labute approximate surface area is 148 Å². The van der Waals surface area contributed by atoms with Gasteiger partial charge in [0.15, 0.2) is 0 Å². The maximum Gasteiger partial charge on any atom is 0.362 e. The number of nitrogens with one attached hydrogen (secondary N) is 2. The molecular formula is C12H20N4O9S. The van der Waals surface area contributed by atoms with Gasteiger partial charge in [-0.3, -0.25) is 23.7 Å². The highest BCUT2D eigenvalue weighted by Crippen LogP contribution is 2.26. The second-order valence-corrected chi connectivity index (χ2v) is 6.92. The molecule has 1 aliphatic heterocycles. The molecular weight excluding hydrogens is 376 g/mol. The number of nitrogens with two attached hydrogens (primary N) is 1. The van der Waals surface area contributed by atoms with Gasteiger partial charge in [-0.15, -0.1) is 0 Å². The van der Waals surface area contributed by atoms with Crippen molar-refractivity contribution in [3.05, 3.63) is 0 Å². The van der Waals surface area contributed by atoms with E-state index in [0.717, 1.165) is 7.11 Å². The van der Waals surface area contributed by atoms with Crippen molar-refractivity contribution in [2.45, 2.75) is 37.6 Å². The van der Waals surface area contributed by atoms with Gasteiger partial charge in [-0.05, 0) is 13.3 Å². The minimum atomic E-state index is -4.77. The molecule has 3 atom stereocenters. The van der Waals surface area contributed by atoms with Crippen LogP contribution in [-0.4, -0.2) is 77.5 Å². The van der Waals surface area contributed by atoms with Crippen LogP contribution in [0.1, 0.15) is 19.8 Å². The topological polar surface area (TPSA) is 205 Å². The molecule has 1 aliphatic rings. The molecule has 1 fully saturated rings.